The molecule has 0 saturated heterocycles. The van der Waals surface area contributed by atoms with E-state index in [0.717, 1.165) is 54.7 Å². The molecule has 3 rings (SSSR count). The monoisotopic (exact) mass is 601 g/mol. The third-order valence-corrected chi connectivity index (χ3v) is 8.14. The van der Waals surface area contributed by atoms with Crippen LogP contribution in [0.2, 0.25) is 0 Å². The Hall–Kier alpha value is -2.68. The van der Waals surface area contributed by atoms with Gasteiger partial charge in [-0.1, -0.05) is 28.1 Å². The van der Waals surface area contributed by atoms with E-state index in [4.69, 9.17) is 14.2 Å². The van der Waals surface area contributed by atoms with Gasteiger partial charge in [0.25, 0.3) is 0 Å². The Labute approximate surface area is 238 Å². The summed E-state index contributed by atoms with van der Waals surface area (Å²) in [5.41, 5.74) is 4.29. The smallest absolute Gasteiger partial charge is 0.337 e. The number of aryl methyl sites for hydroxylation is 2. The lowest BCUT2D eigenvalue weighted by Crippen LogP contribution is -2.27. The first-order chi connectivity index (χ1) is 18.3. The molecule has 2 aromatic carbocycles. The first kappa shape index (κ1) is 29.9. The summed E-state index contributed by atoms with van der Waals surface area (Å²) >= 11 is 5.29. The summed E-state index contributed by atoms with van der Waals surface area (Å²) in [5, 5.41) is 0. The Balaban J connectivity index is 1.68. The van der Waals surface area contributed by atoms with Gasteiger partial charge in [0, 0.05) is 39.3 Å². The quantitative estimate of drug-likeness (QED) is 0.148. The Kier molecular flexibility index (Phi) is 11.8. The Morgan fingerprint density at radius 3 is 2.21 bits per heavy atom. The van der Waals surface area contributed by atoms with E-state index in [9.17, 15) is 9.59 Å². The maximum absolute atomic E-state index is 11.8. The number of methoxy groups -OCH3 is 2. The van der Waals surface area contributed by atoms with Gasteiger partial charge in [-0.2, -0.15) is 0 Å². The van der Waals surface area contributed by atoms with Crippen LogP contribution >= 0.6 is 27.3 Å². The van der Waals surface area contributed by atoms with E-state index < -0.39 is 0 Å². The van der Waals surface area contributed by atoms with Gasteiger partial charge in [-0.05, 0) is 87.2 Å². The first-order valence-electron chi connectivity index (χ1n) is 12.7. The second kappa shape index (κ2) is 15.0. The molecule has 0 fully saturated rings. The van der Waals surface area contributed by atoms with Crippen molar-refractivity contribution in [2.75, 3.05) is 27.3 Å². The number of hydrogen-bond acceptors (Lipinski definition) is 7. The summed E-state index contributed by atoms with van der Waals surface area (Å²) in [5.74, 6) is 0.345. The molecule has 0 aliphatic carbocycles. The lowest BCUT2D eigenvalue weighted by molar-refractivity contribution is -0.140. The van der Waals surface area contributed by atoms with Gasteiger partial charge in [0.05, 0.1) is 19.8 Å². The SMILES string of the molecule is COC(=O)CCCCN(CCc1c(C)sc(C)c1COc1ccc(Br)cc1)Cc1ccc(C(=O)OC)cc1. The zero-order valence-electron chi connectivity index (χ0n) is 22.6. The Morgan fingerprint density at radius 1 is 0.868 bits per heavy atom. The molecular formula is C30H36BrNO5S. The number of carbonyl (C=O) groups excluding carboxylic acids is 2. The largest absolute Gasteiger partial charge is 0.489 e. The number of ether oxygens (including phenoxy) is 3. The van der Waals surface area contributed by atoms with Gasteiger partial charge in [-0.3, -0.25) is 9.69 Å². The van der Waals surface area contributed by atoms with Crippen LogP contribution in [-0.4, -0.2) is 44.1 Å². The lowest BCUT2D eigenvalue weighted by atomic mass is 10.1. The van der Waals surface area contributed by atoms with Gasteiger partial charge < -0.3 is 14.2 Å². The molecule has 0 saturated carbocycles. The number of carbonyl (C=O) groups is 2. The number of nitrogens with zero attached hydrogens (tertiary/aromatic N) is 1. The topological polar surface area (TPSA) is 65.1 Å². The number of unbranched alkanes of at least 4 members (excludes halogenated alkanes) is 1. The maximum Gasteiger partial charge on any atom is 0.337 e. The van der Waals surface area contributed by atoms with E-state index >= 15 is 0 Å². The van der Waals surface area contributed by atoms with Gasteiger partial charge in [0.1, 0.15) is 12.4 Å². The van der Waals surface area contributed by atoms with Crippen LogP contribution in [-0.2, 0) is 33.8 Å². The summed E-state index contributed by atoms with van der Waals surface area (Å²) in [6.07, 6.45) is 3.02. The molecular weight excluding hydrogens is 566 g/mol. The average molecular weight is 603 g/mol. The molecule has 3 aromatic rings. The van der Waals surface area contributed by atoms with E-state index in [1.54, 1.807) is 12.1 Å². The fraction of sp³-hybridized carbons (Fsp3) is 0.400. The van der Waals surface area contributed by atoms with Crippen molar-refractivity contribution in [1.82, 2.24) is 4.90 Å². The summed E-state index contributed by atoms with van der Waals surface area (Å²) in [6.45, 7) is 7.38. The van der Waals surface area contributed by atoms with Crippen LogP contribution in [0.3, 0.4) is 0 Å². The summed E-state index contributed by atoms with van der Waals surface area (Å²) < 4.78 is 16.8. The predicted molar refractivity (Wildman–Crippen MR) is 155 cm³/mol. The van der Waals surface area contributed by atoms with Gasteiger partial charge >= 0.3 is 11.9 Å². The molecule has 0 bridgehead atoms. The second-order valence-corrected chi connectivity index (χ2v) is 11.5. The molecule has 204 valence electrons. The maximum atomic E-state index is 11.8. The molecule has 0 aliphatic rings. The molecule has 0 atom stereocenters. The van der Waals surface area contributed by atoms with Crippen molar-refractivity contribution in [2.45, 2.75) is 52.7 Å². The predicted octanol–water partition coefficient (Wildman–Crippen LogP) is 6.88. The molecule has 0 radical (unpaired) electrons. The van der Waals surface area contributed by atoms with Gasteiger partial charge in [-0.25, -0.2) is 4.79 Å². The average Bonchev–Trinajstić information content (AvgIpc) is 3.20. The van der Waals surface area contributed by atoms with Crippen LogP contribution in [0, 0.1) is 13.8 Å². The Morgan fingerprint density at radius 2 is 1.55 bits per heavy atom. The zero-order chi connectivity index (χ0) is 27.5. The standard InChI is InChI=1S/C30H36BrNO5S/c1-21-27(28(22(2)38-21)20-37-26-14-12-25(31)13-15-26)16-18-32(17-6-5-7-29(33)35-3)19-23-8-10-24(11-9-23)30(34)36-4/h8-15H,5-7,16-20H2,1-4H3. The van der Waals surface area contributed by atoms with Crippen molar-refractivity contribution in [3.8, 4) is 5.75 Å². The van der Waals surface area contributed by atoms with Crippen molar-refractivity contribution in [2.24, 2.45) is 0 Å². The van der Waals surface area contributed by atoms with Crippen LogP contribution in [0.1, 0.15) is 56.1 Å². The molecule has 0 aliphatic heterocycles. The van der Waals surface area contributed by atoms with Crippen molar-refractivity contribution in [3.63, 3.8) is 0 Å². The highest BCUT2D eigenvalue weighted by Gasteiger charge is 2.16. The second-order valence-electron chi connectivity index (χ2n) is 9.16. The highest BCUT2D eigenvalue weighted by atomic mass is 79.9. The van der Waals surface area contributed by atoms with E-state index in [1.165, 1.54) is 35.1 Å². The molecule has 0 spiro atoms. The number of halogens is 1. The minimum Gasteiger partial charge on any atom is -0.489 e. The van der Waals surface area contributed by atoms with E-state index in [-0.39, 0.29) is 11.9 Å². The zero-order valence-corrected chi connectivity index (χ0v) is 25.0. The number of thiophene rings is 1. The van der Waals surface area contributed by atoms with E-state index in [0.29, 0.717) is 18.6 Å². The van der Waals surface area contributed by atoms with Crippen LogP contribution in [0.25, 0.3) is 0 Å². The van der Waals surface area contributed by atoms with Crippen LogP contribution in [0.5, 0.6) is 5.75 Å². The van der Waals surface area contributed by atoms with Crippen molar-refractivity contribution < 1.29 is 23.8 Å². The molecule has 0 N–H and O–H groups in total. The lowest BCUT2D eigenvalue weighted by Gasteiger charge is -2.23. The number of benzene rings is 2. The van der Waals surface area contributed by atoms with E-state index in [2.05, 4.69) is 34.7 Å². The Bertz CT molecular complexity index is 1190. The number of esters is 2. The molecule has 1 heterocycles. The van der Waals surface area contributed by atoms with E-state index in [1.807, 2.05) is 47.7 Å². The van der Waals surface area contributed by atoms with Crippen molar-refractivity contribution >= 4 is 39.2 Å². The number of rotatable bonds is 14. The van der Waals surface area contributed by atoms with Gasteiger partial charge in [0.15, 0.2) is 0 Å². The molecule has 1 aromatic heterocycles. The minimum absolute atomic E-state index is 0.172. The van der Waals surface area contributed by atoms with Gasteiger partial charge in [0.2, 0.25) is 0 Å². The van der Waals surface area contributed by atoms with Gasteiger partial charge in [-0.15, -0.1) is 11.3 Å². The highest BCUT2D eigenvalue weighted by molar-refractivity contribution is 9.10. The number of hydrogen-bond donors (Lipinski definition) is 0. The molecule has 0 amide bonds. The summed E-state index contributed by atoms with van der Waals surface area (Å²) in [4.78, 5) is 28.4. The fourth-order valence-corrected chi connectivity index (χ4v) is 5.73. The summed E-state index contributed by atoms with van der Waals surface area (Å²) in [7, 11) is 2.81. The molecule has 6 nitrogen and oxygen atoms in total. The third-order valence-electron chi connectivity index (χ3n) is 6.51. The molecule has 38 heavy (non-hydrogen) atoms. The van der Waals surface area contributed by atoms with Crippen LogP contribution in [0.15, 0.2) is 53.0 Å². The normalized spacial score (nSPS) is 11.0. The first-order valence-corrected chi connectivity index (χ1v) is 14.3. The third kappa shape index (κ3) is 8.96. The van der Waals surface area contributed by atoms with Crippen LogP contribution < -0.4 is 4.74 Å². The highest BCUT2D eigenvalue weighted by Crippen LogP contribution is 2.30. The molecule has 8 heteroatoms. The van der Waals surface area contributed by atoms with Crippen LogP contribution in [0.4, 0.5) is 0 Å². The minimum atomic E-state index is -0.336. The van der Waals surface area contributed by atoms with Crippen molar-refractivity contribution in [3.05, 3.63) is 85.0 Å². The summed E-state index contributed by atoms with van der Waals surface area (Å²) in [6, 6.07) is 15.5. The molecule has 0 unspecified atom stereocenters. The van der Waals surface area contributed by atoms with Crippen molar-refractivity contribution in [1.29, 1.82) is 0 Å². The fourth-order valence-electron chi connectivity index (χ4n) is 4.35.